The molecule has 0 aliphatic rings. The van der Waals surface area contributed by atoms with Crippen molar-refractivity contribution in [3.8, 4) is 11.8 Å². The number of benzene rings is 2. The van der Waals surface area contributed by atoms with Crippen molar-refractivity contribution in [3.63, 3.8) is 0 Å². The van der Waals surface area contributed by atoms with Gasteiger partial charge in [0.25, 0.3) is 0 Å². The summed E-state index contributed by atoms with van der Waals surface area (Å²) < 4.78 is 5.35. The Labute approximate surface area is 128 Å². The molecule has 1 unspecified atom stereocenters. The van der Waals surface area contributed by atoms with Crippen molar-refractivity contribution in [2.75, 3.05) is 6.61 Å². The maximum Gasteiger partial charge on any atom is 0.184 e. The summed E-state index contributed by atoms with van der Waals surface area (Å²) in [4.78, 5) is 12.4. The van der Waals surface area contributed by atoms with Gasteiger partial charge in [0.2, 0.25) is 0 Å². The SMILES string of the molecule is CCOc1ccc(C(C#N)C(=O)c2cccc(Cl)c2)cc1. The zero-order valence-corrected chi connectivity index (χ0v) is 12.3. The fourth-order valence-electron chi connectivity index (χ4n) is 2.02. The van der Waals surface area contributed by atoms with Gasteiger partial charge in [-0.3, -0.25) is 4.79 Å². The van der Waals surface area contributed by atoms with Gasteiger partial charge >= 0.3 is 0 Å². The van der Waals surface area contributed by atoms with E-state index in [9.17, 15) is 10.1 Å². The number of ketones is 1. The summed E-state index contributed by atoms with van der Waals surface area (Å²) in [5, 5.41) is 9.79. The molecular formula is C17H14ClNO2. The van der Waals surface area contributed by atoms with Gasteiger partial charge in [-0.25, -0.2) is 0 Å². The van der Waals surface area contributed by atoms with E-state index in [0.717, 1.165) is 0 Å². The molecule has 0 heterocycles. The first kappa shape index (κ1) is 15.1. The highest BCUT2D eigenvalue weighted by atomic mass is 35.5. The van der Waals surface area contributed by atoms with Crippen LogP contribution in [0.4, 0.5) is 0 Å². The fourth-order valence-corrected chi connectivity index (χ4v) is 2.21. The minimum atomic E-state index is -0.848. The maximum absolute atomic E-state index is 12.4. The van der Waals surface area contributed by atoms with Crippen molar-refractivity contribution in [1.29, 1.82) is 5.26 Å². The third kappa shape index (κ3) is 3.62. The van der Waals surface area contributed by atoms with Gasteiger partial charge in [0.15, 0.2) is 5.78 Å². The standard InChI is InChI=1S/C17H14ClNO2/c1-2-21-15-8-6-12(7-9-15)16(11-19)17(20)13-4-3-5-14(18)10-13/h3-10,16H,2H2,1H3. The third-order valence-corrected chi connectivity index (χ3v) is 3.26. The molecule has 106 valence electrons. The molecule has 2 rings (SSSR count). The zero-order valence-electron chi connectivity index (χ0n) is 11.5. The van der Waals surface area contributed by atoms with Gasteiger partial charge in [-0.1, -0.05) is 35.9 Å². The highest BCUT2D eigenvalue weighted by Gasteiger charge is 2.21. The van der Waals surface area contributed by atoms with E-state index in [4.69, 9.17) is 16.3 Å². The van der Waals surface area contributed by atoms with Crippen LogP contribution in [0.2, 0.25) is 5.02 Å². The van der Waals surface area contributed by atoms with Crippen molar-refractivity contribution < 1.29 is 9.53 Å². The first-order chi connectivity index (χ1) is 10.2. The number of hydrogen-bond donors (Lipinski definition) is 0. The van der Waals surface area contributed by atoms with Crippen LogP contribution in [-0.4, -0.2) is 12.4 Å². The molecule has 21 heavy (non-hydrogen) atoms. The van der Waals surface area contributed by atoms with E-state index in [1.54, 1.807) is 48.5 Å². The third-order valence-electron chi connectivity index (χ3n) is 3.02. The molecule has 0 fully saturated rings. The number of rotatable bonds is 5. The van der Waals surface area contributed by atoms with Gasteiger partial charge < -0.3 is 4.74 Å². The zero-order chi connectivity index (χ0) is 15.2. The molecular weight excluding hydrogens is 286 g/mol. The van der Waals surface area contributed by atoms with E-state index in [-0.39, 0.29) is 5.78 Å². The highest BCUT2D eigenvalue weighted by molar-refractivity contribution is 6.31. The summed E-state index contributed by atoms with van der Waals surface area (Å²) in [7, 11) is 0. The average Bonchev–Trinajstić information content (AvgIpc) is 2.50. The van der Waals surface area contributed by atoms with Crippen LogP contribution in [0.25, 0.3) is 0 Å². The molecule has 0 aliphatic heterocycles. The van der Waals surface area contributed by atoms with Crippen LogP contribution in [-0.2, 0) is 0 Å². The Morgan fingerprint density at radius 3 is 2.57 bits per heavy atom. The highest BCUT2D eigenvalue weighted by Crippen LogP contribution is 2.24. The van der Waals surface area contributed by atoms with Crippen molar-refractivity contribution in [3.05, 3.63) is 64.7 Å². The Kier molecular flexibility index (Phi) is 4.97. The molecule has 0 aromatic heterocycles. The van der Waals surface area contributed by atoms with E-state index in [1.807, 2.05) is 6.92 Å². The Bertz CT molecular complexity index is 674. The van der Waals surface area contributed by atoms with Crippen molar-refractivity contribution in [1.82, 2.24) is 0 Å². The average molecular weight is 300 g/mol. The quantitative estimate of drug-likeness (QED) is 0.776. The number of nitriles is 1. The predicted octanol–water partition coefficient (Wildman–Crippen LogP) is 4.23. The number of nitrogens with zero attached hydrogens (tertiary/aromatic N) is 1. The fraction of sp³-hybridized carbons (Fsp3) is 0.176. The second kappa shape index (κ2) is 6.92. The monoisotopic (exact) mass is 299 g/mol. The Morgan fingerprint density at radius 1 is 1.29 bits per heavy atom. The summed E-state index contributed by atoms with van der Waals surface area (Å²) in [6, 6.07) is 15.7. The number of ether oxygens (including phenoxy) is 1. The lowest BCUT2D eigenvalue weighted by molar-refractivity contribution is 0.0979. The van der Waals surface area contributed by atoms with Crippen LogP contribution >= 0.6 is 11.6 Å². The smallest absolute Gasteiger partial charge is 0.184 e. The summed E-state index contributed by atoms with van der Waals surface area (Å²) in [5.41, 5.74) is 1.08. The van der Waals surface area contributed by atoms with Crippen LogP contribution < -0.4 is 4.74 Å². The number of hydrogen-bond acceptors (Lipinski definition) is 3. The molecule has 0 amide bonds. The van der Waals surface area contributed by atoms with Crippen molar-refractivity contribution in [2.45, 2.75) is 12.8 Å². The summed E-state index contributed by atoms with van der Waals surface area (Å²) in [6.45, 7) is 2.47. The lowest BCUT2D eigenvalue weighted by Gasteiger charge is -2.10. The molecule has 0 saturated carbocycles. The molecule has 3 nitrogen and oxygen atoms in total. The molecule has 0 N–H and O–H groups in total. The Hall–Kier alpha value is -2.31. The number of carbonyl (C=O) groups is 1. The normalized spacial score (nSPS) is 11.5. The van der Waals surface area contributed by atoms with E-state index < -0.39 is 5.92 Å². The van der Waals surface area contributed by atoms with Crippen molar-refractivity contribution >= 4 is 17.4 Å². The van der Waals surface area contributed by atoms with E-state index in [0.29, 0.717) is 28.5 Å². The van der Waals surface area contributed by atoms with Crippen LogP contribution in [0.1, 0.15) is 28.8 Å². The Morgan fingerprint density at radius 2 is 2.00 bits per heavy atom. The van der Waals surface area contributed by atoms with E-state index in [1.165, 1.54) is 0 Å². The summed E-state index contributed by atoms with van der Waals surface area (Å²) in [5.74, 6) is -0.392. The summed E-state index contributed by atoms with van der Waals surface area (Å²) >= 11 is 5.89. The first-order valence-electron chi connectivity index (χ1n) is 6.58. The number of halogens is 1. The van der Waals surface area contributed by atoms with Gasteiger partial charge in [-0.15, -0.1) is 0 Å². The van der Waals surface area contributed by atoms with E-state index in [2.05, 4.69) is 6.07 Å². The molecule has 2 aromatic carbocycles. The van der Waals surface area contributed by atoms with Gasteiger partial charge in [0.05, 0.1) is 12.7 Å². The predicted molar refractivity (Wildman–Crippen MR) is 81.7 cm³/mol. The lowest BCUT2D eigenvalue weighted by atomic mass is 9.92. The molecule has 0 aliphatic carbocycles. The van der Waals surface area contributed by atoms with E-state index >= 15 is 0 Å². The molecule has 0 bridgehead atoms. The Balaban J connectivity index is 2.27. The van der Waals surface area contributed by atoms with Gasteiger partial charge in [-0.05, 0) is 36.8 Å². The minimum absolute atomic E-state index is 0.260. The molecule has 0 saturated heterocycles. The molecule has 1 atom stereocenters. The summed E-state index contributed by atoms with van der Waals surface area (Å²) in [6.07, 6.45) is 0. The topological polar surface area (TPSA) is 50.1 Å². The molecule has 0 spiro atoms. The molecule has 2 aromatic rings. The van der Waals surface area contributed by atoms with Crippen LogP contribution in [0.3, 0.4) is 0 Å². The number of Topliss-reactive ketones (excluding diaryl/α,β-unsaturated/α-hetero) is 1. The van der Waals surface area contributed by atoms with Crippen LogP contribution in [0.15, 0.2) is 48.5 Å². The molecule has 4 heteroatoms. The molecule has 0 radical (unpaired) electrons. The largest absolute Gasteiger partial charge is 0.494 e. The van der Waals surface area contributed by atoms with Crippen LogP contribution in [0, 0.1) is 11.3 Å². The first-order valence-corrected chi connectivity index (χ1v) is 6.95. The number of carbonyl (C=O) groups excluding carboxylic acids is 1. The second-order valence-corrected chi connectivity index (χ2v) is 4.88. The maximum atomic E-state index is 12.4. The van der Waals surface area contributed by atoms with Gasteiger partial charge in [-0.2, -0.15) is 5.26 Å². The minimum Gasteiger partial charge on any atom is -0.494 e. The van der Waals surface area contributed by atoms with Gasteiger partial charge in [0, 0.05) is 10.6 Å². The second-order valence-electron chi connectivity index (χ2n) is 4.44. The lowest BCUT2D eigenvalue weighted by Crippen LogP contribution is -2.11. The van der Waals surface area contributed by atoms with Crippen LogP contribution in [0.5, 0.6) is 5.75 Å². The van der Waals surface area contributed by atoms with Crippen molar-refractivity contribution in [2.24, 2.45) is 0 Å². The van der Waals surface area contributed by atoms with Gasteiger partial charge in [0.1, 0.15) is 11.7 Å².